The lowest BCUT2D eigenvalue weighted by molar-refractivity contribution is -0.422. The number of phenolic OH excluding ortho intramolecular Hbond substituents is 1. The highest BCUT2D eigenvalue weighted by atomic mass is 16.6. The molecule has 0 amide bonds. The topological polar surface area (TPSA) is 107 Å². The Morgan fingerprint density at radius 1 is 1.13 bits per heavy atom. The molecule has 0 fully saturated rings. The molecule has 80 valence electrons. The van der Waals surface area contributed by atoms with Crippen molar-refractivity contribution in [2.75, 3.05) is 0 Å². The first-order valence-corrected chi connectivity index (χ1v) is 3.98. The van der Waals surface area contributed by atoms with Gasteiger partial charge in [0.2, 0.25) is 0 Å². The van der Waals surface area contributed by atoms with Gasteiger partial charge in [-0.15, -0.1) is 0 Å². The molecule has 0 spiro atoms. The molecular weight excluding hydrogens is 204 g/mol. The molecular formula is C8H8N2O5. The smallest absolute Gasteiger partial charge is 0.350 e. The summed E-state index contributed by atoms with van der Waals surface area (Å²) in [6.07, 6.45) is 0. The van der Waals surface area contributed by atoms with Crippen molar-refractivity contribution in [1.82, 2.24) is 0 Å². The number of phenols is 1. The van der Waals surface area contributed by atoms with Crippen molar-refractivity contribution in [3.05, 3.63) is 37.4 Å². The summed E-state index contributed by atoms with van der Waals surface area (Å²) in [6, 6.07) is 0.792. The second kappa shape index (κ2) is 3.52. The molecule has 0 heterocycles. The van der Waals surface area contributed by atoms with Crippen LogP contribution in [0.2, 0.25) is 0 Å². The number of hydrogen-bond acceptors (Lipinski definition) is 5. The minimum Gasteiger partial charge on any atom is -0.507 e. The number of nitro benzene ring substituents is 2. The van der Waals surface area contributed by atoms with E-state index in [0.29, 0.717) is 0 Å². The molecule has 0 aromatic heterocycles. The molecule has 0 unspecified atom stereocenters. The Morgan fingerprint density at radius 3 is 2.07 bits per heavy atom. The highest BCUT2D eigenvalue weighted by Crippen LogP contribution is 2.37. The fourth-order valence-electron chi connectivity index (χ4n) is 1.24. The summed E-state index contributed by atoms with van der Waals surface area (Å²) < 4.78 is 0. The van der Waals surface area contributed by atoms with E-state index in [-0.39, 0.29) is 16.9 Å². The van der Waals surface area contributed by atoms with Crippen LogP contribution in [0.15, 0.2) is 6.07 Å². The van der Waals surface area contributed by atoms with Crippen molar-refractivity contribution < 1.29 is 15.0 Å². The maximum absolute atomic E-state index is 10.6. The minimum atomic E-state index is -0.885. The molecule has 0 saturated heterocycles. The second-order valence-corrected chi connectivity index (χ2v) is 3.03. The number of aromatic hydroxyl groups is 1. The van der Waals surface area contributed by atoms with Gasteiger partial charge in [-0.3, -0.25) is 20.2 Å². The van der Waals surface area contributed by atoms with Crippen LogP contribution < -0.4 is 0 Å². The number of benzene rings is 1. The summed E-state index contributed by atoms with van der Waals surface area (Å²) in [5.41, 5.74) is -0.894. The van der Waals surface area contributed by atoms with Gasteiger partial charge in [-0.2, -0.15) is 0 Å². The highest BCUT2D eigenvalue weighted by Gasteiger charge is 2.29. The van der Waals surface area contributed by atoms with Crippen molar-refractivity contribution >= 4 is 11.4 Å². The molecule has 0 radical (unpaired) electrons. The van der Waals surface area contributed by atoms with Gasteiger partial charge in [0, 0.05) is 11.1 Å². The zero-order valence-electron chi connectivity index (χ0n) is 8.05. The fourth-order valence-corrected chi connectivity index (χ4v) is 1.24. The van der Waals surface area contributed by atoms with Crippen LogP contribution in [0.3, 0.4) is 0 Å². The van der Waals surface area contributed by atoms with Gasteiger partial charge in [0.1, 0.15) is 5.75 Å². The summed E-state index contributed by atoms with van der Waals surface area (Å²) in [6.45, 7) is 2.82. The lowest BCUT2D eigenvalue weighted by Gasteiger charge is -2.04. The zero-order chi connectivity index (χ0) is 11.7. The van der Waals surface area contributed by atoms with Crippen molar-refractivity contribution in [1.29, 1.82) is 0 Å². The minimum absolute atomic E-state index is 0.103. The molecule has 0 aliphatic carbocycles. The van der Waals surface area contributed by atoms with Gasteiger partial charge in [-0.1, -0.05) is 0 Å². The fraction of sp³-hybridized carbons (Fsp3) is 0.250. The van der Waals surface area contributed by atoms with E-state index in [2.05, 4.69) is 0 Å². The average Bonchev–Trinajstić information content (AvgIpc) is 2.12. The van der Waals surface area contributed by atoms with E-state index in [1.807, 2.05) is 0 Å². The summed E-state index contributed by atoms with van der Waals surface area (Å²) in [5, 5.41) is 30.5. The standard InChI is InChI=1S/C8H8N2O5/c1-4-5(2)8(10(14)15)6(9(12)13)3-7(4)11/h3,11H,1-2H3. The summed E-state index contributed by atoms with van der Waals surface area (Å²) in [4.78, 5) is 19.5. The van der Waals surface area contributed by atoms with Gasteiger partial charge in [0.25, 0.3) is 0 Å². The molecule has 0 bridgehead atoms. The lowest BCUT2D eigenvalue weighted by atomic mass is 10.1. The zero-order valence-corrected chi connectivity index (χ0v) is 8.05. The van der Waals surface area contributed by atoms with Crippen LogP contribution in [-0.2, 0) is 0 Å². The molecule has 0 aliphatic rings. The maximum atomic E-state index is 10.6. The number of nitrogens with zero attached hydrogens (tertiary/aromatic N) is 2. The van der Waals surface area contributed by atoms with Crippen LogP contribution in [-0.4, -0.2) is 15.0 Å². The molecule has 1 aromatic carbocycles. The van der Waals surface area contributed by atoms with Gasteiger partial charge >= 0.3 is 11.4 Å². The third-order valence-electron chi connectivity index (χ3n) is 2.20. The number of rotatable bonds is 2. The molecule has 7 heteroatoms. The van der Waals surface area contributed by atoms with E-state index in [4.69, 9.17) is 0 Å². The Balaban J connectivity index is 3.65. The van der Waals surface area contributed by atoms with Crippen LogP contribution in [0, 0.1) is 34.1 Å². The third kappa shape index (κ3) is 1.71. The van der Waals surface area contributed by atoms with Crippen LogP contribution in [0.25, 0.3) is 0 Å². The van der Waals surface area contributed by atoms with E-state index in [9.17, 15) is 25.3 Å². The van der Waals surface area contributed by atoms with Gasteiger partial charge in [-0.25, -0.2) is 0 Å². The van der Waals surface area contributed by atoms with E-state index >= 15 is 0 Å². The summed E-state index contributed by atoms with van der Waals surface area (Å²) >= 11 is 0. The van der Waals surface area contributed by atoms with Crippen molar-refractivity contribution in [2.45, 2.75) is 13.8 Å². The first kappa shape index (κ1) is 10.9. The largest absolute Gasteiger partial charge is 0.507 e. The van der Waals surface area contributed by atoms with Crippen LogP contribution in [0.4, 0.5) is 11.4 Å². The molecule has 1 rings (SSSR count). The number of nitro groups is 2. The predicted octanol–water partition coefficient (Wildman–Crippen LogP) is 1.83. The summed E-state index contributed by atoms with van der Waals surface area (Å²) in [5.74, 6) is -0.315. The van der Waals surface area contributed by atoms with E-state index in [1.165, 1.54) is 13.8 Å². The van der Waals surface area contributed by atoms with E-state index in [1.54, 1.807) is 0 Å². The van der Waals surface area contributed by atoms with Gasteiger partial charge in [-0.05, 0) is 13.8 Å². The van der Waals surface area contributed by atoms with Crippen molar-refractivity contribution in [3.63, 3.8) is 0 Å². The molecule has 1 aromatic rings. The van der Waals surface area contributed by atoms with E-state index < -0.39 is 21.2 Å². The average molecular weight is 212 g/mol. The van der Waals surface area contributed by atoms with E-state index in [0.717, 1.165) is 6.07 Å². The molecule has 0 atom stereocenters. The molecule has 0 aliphatic heterocycles. The molecule has 1 N–H and O–H groups in total. The first-order valence-electron chi connectivity index (χ1n) is 3.98. The first-order chi connectivity index (χ1) is 6.86. The predicted molar refractivity (Wildman–Crippen MR) is 50.9 cm³/mol. The van der Waals surface area contributed by atoms with Gasteiger partial charge in [0.05, 0.1) is 15.9 Å². The summed E-state index contributed by atoms with van der Waals surface area (Å²) in [7, 11) is 0. The van der Waals surface area contributed by atoms with Gasteiger partial charge < -0.3 is 5.11 Å². The quantitative estimate of drug-likeness (QED) is 0.594. The van der Waals surface area contributed by atoms with Crippen molar-refractivity contribution in [2.24, 2.45) is 0 Å². The Morgan fingerprint density at radius 2 is 1.67 bits per heavy atom. The SMILES string of the molecule is Cc1c(O)cc([N+](=O)[O-])c([N+](=O)[O-])c1C. The van der Waals surface area contributed by atoms with Crippen molar-refractivity contribution in [3.8, 4) is 5.75 Å². The third-order valence-corrected chi connectivity index (χ3v) is 2.20. The Labute approximate surface area is 84.3 Å². The normalized spacial score (nSPS) is 10.0. The molecule has 7 nitrogen and oxygen atoms in total. The lowest BCUT2D eigenvalue weighted by Crippen LogP contribution is -2.00. The maximum Gasteiger partial charge on any atom is 0.350 e. The molecule has 0 saturated carbocycles. The van der Waals surface area contributed by atoms with Crippen LogP contribution in [0.1, 0.15) is 11.1 Å². The number of hydrogen-bond donors (Lipinski definition) is 1. The monoisotopic (exact) mass is 212 g/mol. The Hall–Kier alpha value is -2.18. The van der Waals surface area contributed by atoms with Crippen LogP contribution >= 0.6 is 0 Å². The molecule has 15 heavy (non-hydrogen) atoms. The Kier molecular flexibility index (Phi) is 2.56. The Bertz CT molecular complexity index is 455. The van der Waals surface area contributed by atoms with Gasteiger partial charge in [0.15, 0.2) is 0 Å². The van der Waals surface area contributed by atoms with Crippen LogP contribution in [0.5, 0.6) is 5.75 Å². The second-order valence-electron chi connectivity index (χ2n) is 3.03. The highest BCUT2D eigenvalue weighted by molar-refractivity contribution is 5.64.